The number of Topliss-reactive ketones (excluding diaryl/α,β-unsaturated/α-hetero) is 1. The largest absolute Gasteiger partial charge is 0.504 e. The van der Waals surface area contributed by atoms with Crippen LogP contribution in [-0.4, -0.2) is 29.2 Å². The first-order valence-electron chi connectivity index (χ1n) is 8.72. The number of ether oxygens (including phenoxy) is 2. The first-order chi connectivity index (χ1) is 14.5. The smallest absolute Gasteiger partial charge is 0.383 e. The summed E-state index contributed by atoms with van der Waals surface area (Å²) in [6, 6.07) is 12.6. The molecule has 152 valence electrons. The van der Waals surface area contributed by atoms with E-state index in [2.05, 4.69) is 0 Å². The van der Waals surface area contributed by atoms with Crippen molar-refractivity contribution in [1.29, 1.82) is 0 Å². The molecular formula is C21H14O9. The van der Waals surface area contributed by atoms with Crippen LogP contribution in [0.3, 0.4) is 0 Å². The van der Waals surface area contributed by atoms with Gasteiger partial charge in [0, 0.05) is 0 Å². The van der Waals surface area contributed by atoms with Gasteiger partial charge in [-0.05, 0) is 24.3 Å². The van der Waals surface area contributed by atoms with Gasteiger partial charge in [-0.3, -0.25) is 4.79 Å². The molecule has 0 bridgehead atoms. The highest BCUT2D eigenvalue weighted by Gasteiger charge is 2.19. The van der Waals surface area contributed by atoms with Gasteiger partial charge in [-0.1, -0.05) is 24.3 Å². The zero-order chi connectivity index (χ0) is 21.3. The molecule has 0 spiro atoms. The highest BCUT2D eigenvalue weighted by atomic mass is 16.5. The van der Waals surface area contributed by atoms with Crippen molar-refractivity contribution in [2.45, 2.75) is 0 Å². The molecule has 0 aliphatic heterocycles. The molecule has 0 saturated heterocycles. The van der Waals surface area contributed by atoms with E-state index >= 15 is 0 Å². The predicted octanol–water partition coefficient (Wildman–Crippen LogP) is 2.34. The number of aromatic hydroxyl groups is 2. The van der Waals surface area contributed by atoms with Gasteiger partial charge in [0.15, 0.2) is 24.7 Å². The summed E-state index contributed by atoms with van der Waals surface area (Å²) in [7, 11) is 0. The number of carbonyl (C=O) groups excluding carboxylic acids is 1. The molecule has 9 nitrogen and oxygen atoms in total. The van der Waals surface area contributed by atoms with Crippen LogP contribution >= 0.6 is 0 Å². The zero-order valence-electron chi connectivity index (χ0n) is 15.3. The average molecular weight is 410 g/mol. The van der Waals surface area contributed by atoms with E-state index in [0.29, 0.717) is 0 Å². The fourth-order valence-corrected chi connectivity index (χ4v) is 2.83. The Bertz CT molecular complexity index is 1280. The standard InChI is InChI=1S/C21H14O9/c22-11(9-27-18-16(23)12-5-1-3-7-14(12)29-20(18)25)10-28-19-17(24)13-6-2-4-8-15(13)30-21(19)26/h1-8,23-24H,9-10H2. The Kier molecular flexibility index (Phi) is 4.85. The van der Waals surface area contributed by atoms with Gasteiger partial charge in [-0.2, -0.15) is 0 Å². The molecule has 0 radical (unpaired) electrons. The SMILES string of the molecule is O=C(COc1c(O)c2ccccc2oc1=O)COc1c(O)c2ccccc2oc1=O. The Morgan fingerprint density at radius 3 is 1.57 bits per heavy atom. The summed E-state index contributed by atoms with van der Waals surface area (Å²) >= 11 is 0. The van der Waals surface area contributed by atoms with Gasteiger partial charge >= 0.3 is 11.3 Å². The number of benzene rings is 2. The second-order valence-electron chi connectivity index (χ2n) is 6.24. The molecule has 2 heterocycles. The second kappa shape index (κ2) is 7.63. The fraction of sp³-hybridized carbons (Fsp3) is 0.0952. The van der Waals surface area contributed by atoms with Crippen LogP contribution in [0.1, 0.15) is 0 Å². The third-order valence-corrected chi connectivity index (χ3v) is 4.25. The molecule has 4 rings (SSSR count). The van der Waals surface area contributed by atoms with Gasteiger partial charge in [0.05, 0.1) is 10.8 Å². The summed E-state index contributed by atoms with van der Waals surface area (Å²) in [5.74, 6) is -2.62. The first-order valence-corrected chi connectivity index (χ1v) is 8.72. The van der Waals surface area contributed by atoms with Crippen LogP contribution in [0.15, 0.2) is 67.0 Å². The number of carbonyl (C=O) groups is 1. The summed E-state index contributed by atoms with van der Waals surface area (Å²) in [6.45, 7) is -1.29. The number of hydrogen-bond acceptors (Lipinski definition) is 9. The molecule has 0 fully saturated rings. The lowest BCUT2D eigenvalue weighted by atomic mass is 10.2. The van der Waals surface area contributed by atoms with Crippen LogP contribution in [0.25, 0.3) is 21.9 Å². The summed E-state index contributed by atoms with van der Waals surface area (Å²) in [5.41, 5.74) is -1.57. The molecule has 0 atom stereocenters. The van der Waals surface area contributed by atoms with E-state index in [1.807, 2.05) is 0 Å². The molecule has 9 heteroatoms. The molecule has 0 aliphatic carbocycles. The van der Waals surface area contributed by atoms with Crippen molar-refractivity contribution in [3.05, 3.63) is 69.4 Å². The van der Waals surface area contributed by atoms with Crippen LogP contribution in [0, 0.1) is 0 Å². The Hall–Kier alpha value is -4.27. The van der Waals surface area contributed by atoms with E-state index in [9.17, 15) is 24.6 Å². The quantitative estimate of drug-likeness (QED) is 0.459. The van der Waals surface area contributed by atoms with Crippen molar-refractivity contribution in [3.63, 3.8) is 0 Å². The van der Waals surface area contributed by atoms with Crippen molar-refractivity contribution in [1.82, 2.24) is 0 Å². The van der Waals surface area contributed by atoms with E-state index in [1.165, 1.54) is 24.3 Å². The molecular weight excluding hydrogens is 396 g/mol. The second-order valence-corrected chi connectivity index (χ2v) is 6.24. The van der Waals surface area contributed by atoms with Crippen LogP contribution in [-0.2, 0) is 4.79 Å². The van der Waals surface area contributed by atoms with Gasteiger partial charge in [-0.15, -0.1) is 0 Å². The highest BCUT2D eigenvalue weighted by Crippen LogP contribution is 2.32. The van der Waals surface area contributed by atoms with Crippen LogP contribution < -0.4 is 20.7 Å². The van der Waals surface area contributed by atoms with Gasteiger partial charge < -0.3 is 28.5 Å². The Morgan fingerprint density at radius 1 is 0.733 bits per heavy atom. The van der Waals surface area contributed by atoms with Crippen LogP contribution in [0.2, 0.25) is 0 Å². The van der Waals surface area contributed by atoms with E-state index in [-0.39, 0.29) is 21.9 Å². The molecule has 30 heavy (non-hydrogen) atoms. The Morgan fingerprint density at radius 2 is 1.13 bits per heavy atom. The lowest BCUT2D eigenvalue weighted by molar-refractivity contribution is -0.123. The molecule has 0 saturated carbocycles. The van der Waals surface area contributed by atoms with E-state index in [4.69, 9.17) is 18.3 Å². The van der Waals surface area contributed by atoms with Crippen molar-refractivity contribution < 1.29 is 33.3 Å². The number of fused-ring (bicyclic) bond motifs is 2. The molecule has 0 amide bonds. The van der Waals surface area contributed by atoms with Gasteiger partial charge in [0.1, 0.15) is 11.2 Å². The van der Waals surface area contributed by atoms with Crippen molar-refractivity contribution in [2.75, 3.05) is 13.2 Å². The average Bonchev–Trinajstić information content (AvgIpc) is 2.73. The number of hydrogen-bond donors (Lipinski definition) is 2. The Labute approximate surface area is 167 Å². The number of para-hydroxylation sites is 2. The van der Waals surface area contributed by atoms with Gasteiger partial charge in [0.25, 0.3) is 0 Å². The molecule has 0 aliphatic rings. The van der Waals surface area contributed by atoms with Gasteiger partial charge in [-0.25, -0.2) is 9.59 Å². The monoisotopic (exact) mass is 410 g/mol. The van der Waals surface area contributed by atoms with Gasteiger partial charge in [0.2, 0.25) is 17.3 Å². The minimum atomic E-state index is -0.951. The van der Waals surface area contributed by atoms with Crippen LogP contribution in [0.5, 0.6) is 23.0 Å². The maximum Gasteiger partial charge on any atom is 0.383 e. The van der Waals surface area contributed by atoms with Crippen LogP contribution in [0.4, 0.5) is 0 Å². The minimum Gasteiger partial charge on any atom is -0.504 e. The maximum atomic E-state index is 12.1. The van der Waals surface area contributed by atoms with Crippen molar-refractivity contribution in [3.8, 4) is 23.0 Å². The molecule has 2 aromatic heterocycles. The summed E-state index contributed by atoms with van der Waals surface area (Å²) in [5, 5.41) is 20.9. The summed E-state index contributed by atoms with van der Waals surface area (Å²) in [4.78, 5) is 36.0. The highest BCUT2D eigenvalue weighted by molar-refractivity contribution is 5.87. The lowest BCUT2D eigenvalue weighted by Crippen LogP contribution is -2.22. The summed E-state index contributed by atoms with van der Waals surface area (Å²) in [6.07, 6.45) is 0. The lowest BCUT2D eigenvalue weighted by Gasteiger charge is -2.09. The number of ketones is 1. The maximum absolute atomic E-state index is 12.1. The third-order valence-electron chi connectivity index (χ3n) is 4.25. The molecule has 2 N–H and O–H groups in total. The van der Waals surface area contributed by atoms with E-state index in [0.717, 1.165) is 0 Å². The fourth-order valence-electron chi connectivity index (χ4n) is 2.83. The first kappa shape index (κ1) is 19.1. The molecule has 4 aromatic rings. The summed E-state index contributed by atoms with van der Waals surface area (Å²) < 4.78 is 20.3. The van der Waals surface area contributed by atoms with E-state index in [1.54, 1.807) is 24.3 Å². The van der Waals surface area contributed by atoms with Crippen molar-refractivity contribution >= 4 is 27.7 Å². The normalized spacial score (nSPS) is 10.9. The minimum absolute atomic E-state index is 0.167. The topological polar surface area (TPSA) is 136 Å². The number of rotatable bonds is 6. The van der Waals surface area contributed by atoms with Crippen molar-refractivity contribution in [2.24, 2.45) is 0 Å². The molecule has 0 unspecified atom stereocenters. The molecule has 2 aromatic carbocycles. The zero-order valence-corrected chi connectivity index (χ0v) is 15.3. The third kappa shape index (κ3) is 3.44. The van der Waals surface area contributed by atoms with E-state index < -0.39 is 53.2 Å². The predicted molar refractivity (Wildman–Crippen MR) is 104 cm³/mol. The Balaban J connectivity index is 1.48.